The predicted molar refractivity (Wildman–Crippen MR) is 80.1 cm³/mol. The van der Waals surface area contributed by atoms with Crippen LogP contribution in [0.25, 0.3) is 0 Å². The predicted octanol–water partition coefficient (Wildman–Crippen LogP) is 2.84. The summed E-state index contributed by atoms with van der Waals surface area (Å²) >= 11 is 0. The monoisotopic (exact) mass is 289 g/mol. The van der Waals surface area contributed by atoms with Gasteiger partial charge in [0.2, 0.25) is 5.91 Å². The highest BCUT2D eigenvalue weighted by Crippen LogP contribution is 2.50. The maximum atomic E-state index is 12.1. The summed E-state index contributed by atoms with van der Waals surface area (Å²) in [7, 11) is 1.52. The van der Waals surface area contributed by atoms with E-state index in [2.05, 4.69) is 5.32 Å². The van der Waals surface area contributed by atoms with Crippen LogP contribution < -0.4 is 10.1 Å². The molecule has 4 nitrogen and oxygen atoms in total. The summed E-state index contributed by atoms with van der Waals surface area (Å²) in [5, 5.41) is 12.5. The van der Waals surface area contributed by atoms with Gasteiger partial charge in [-0.25, -0.2) is 0 Å². The molecule has 21 heavy (non-hydrogen) atoms. The molecule has 0 saturated heterocycles. The van der Waals surface area contributed by atoms with Gasteiger partial charge in [0.15, 0.2) is 11.5 Å². The lowest BCUT2D eigenvalue weighted by molar-refractivity contribution is -0.122. The number of hydrogen-bond donors (Lipinski definition) is 2. The van der Waals surface area contributed by atoms with E-state index in [1.165, 1.54) is 32.8 Å². The van der Waals surface area contributed by atoms with Crippen LogP contribution in [0.4, 0.5) is 0 Å². The van der Waals surface area contributed by atoms with Gasteiger partial charge in [-0.15, -0.1) is 0 Å². The number of phenolic OH excluding ortho intramolecular Hbond substituents is 1. The summed E-state index contributed by atoms with van der Waals surface area (Å²) in [5.74, 6) is 2.92. The lowest BCUT2D eigenvalue weighted by atomic mass is 9.94. The number of nitrogens with one attached hydrogen (secondary N) is 1. The number of carbonyl (C=O) groups excluding carboxylic acids is 1. The van der Waals surface area contributed by atoms with Crippen molar-refractivity contribution in [1.82, 2.24) is 5.32 Å². The number of benzene rings is 1. The number of aromatic hydroxyl groups is 1. The van der Waals surface area contributed by atoms with E-state index in [0.29, 0.717) is 24.6 Å². The molecule has 2 saturated carbocycles. The molecule has 114 valence electrons. The Kier molecular flexibility index (Phi) is 4.04. The Morgan fingerprint density at radius 3 is 2.57 bits per heavy atom. The number of carbonyl (C=O) groups is 1. The summed E-state index contributed by atoms with van der Waals surface area (Å²) < 4.78 is 5.07. The van der Waals surface area contributed by atoms with Crippen molar-refractivity contribution >= 4 is 5.91 Å². The smallest absolute Gasteiger partial charge is 0.220 e. The van der Waals surface area contributed by atoms with Gasteiger partial charge in [-0.05, 0) is 61.1 Å². The van der Waals surface area contributed by atoms with Gasteiger partial charge in [-0.3, -0.25) is 4.79 Å². The van der Waals surface area contributed by atoms with Gasteiger partial charge >= 0.3 is 0 Å². The molecule has 1 aromatic rings. The molecule has 2 aliphatic carbocycles. The van der Waals surface area contributed by atoms with Crippen LogP contribution in [0, 0.1) is 17.8 Å². The van der Waals surface area contributed by atoms with Crippen LogP contribution in [0.15, 0.2) is 18.2 Å². The van der Waals surface area contributed by atoms with Gasteiger partial charge in [-0.2, -0.15) is 0 Å². The van der Waals surface area contributed by atoms with Crippen molar-refractivity contribution in [2.45, 2.75) is 38.6 Å². The number of ether oxygens (including phenoxy) is 1. The minimum absolute atomic E-state index is 0.120. The summed E-state index contributed by atoms with van der Waals surface area (Å²) in [6, 6.07) is 5.16. The molecule has 3 rings (SSSR count). The topological polar surface area (TPSA) is 58.6 Å². The Bertz CT molecular complexity index is 509. The van der Waals surface area contributed by atoms with Crippen molar-refractivity contribution in [2.75, 3.05) is 7.11 Å². The van der Waals surface area contributed by atoms with E-state index < -0.39 is 0 Å². The third kappa shape index (κ3) is 3.69. The standard InChI is InChI=1S/C17H23NO3/c1-21-16-8-11(2-7-15(16)19)10-18-17(20)9-14(12-3-4-12)13-5-6-13/h2,7-8,12-14,19H,3-6,9-10H2,1H3,(H,18,20). The quantitative estimate of drug-likeness (QED) is 0.811. The molecule has 0 aliphatic heterocycles. The number of hydrogen-bond acceptors (Lipinski definition) is 3. The second-order valence-electron chi connectivity index (χ2n) is 6.33. The fourth-order valence-corrected chi connectivity index (χ4v) is 3.09. The Hall–Kier alpha value is -1.71. The molecule has 0 atom stereocenters. The van der Waals surface area contributed by atoms with Gasteiger partial charge < -0.3 is 15.2 Å². The van der Waals surface area contributed by atoms with Crippen molar-refractivity contribution in [1.29, 1.82) is 0 Å². The van der Waals surface area contributed by atoms with E-state index >= 15 is 0 Å². The molecule has 0 unspecified atom stereocenters. The molecule has 0 aromatic heterocycles. The van der Waals surface area contributed by atoms with E-state index in [-0.39, 0.29) is 11.7 Å². The van der Waals surface area contributed by atoms with E-state index in [1.807, 2.05) is 0 Å². The molecule has 4 heteroatoms. The first-order chi connectivity index (χ1) is 10.2. The molecule has 1 aromatic carbocycles. The Labute approximate surface area is 125 Å². The third-order valence-electron chi connectivity index (χ3n) is 4.61. The van der Waals surface area contributed by atoms with Crippen molar-refractivity contribution in [3.05, 3.63) is 23.8 Å². The number of rotatable bonds is 7. The van der Waals surface area contributed by atoms with Crippen LogP contribution in [0.5, 0.6) is 11.5 Å². The normalized spacial score (nSPS) is 17.8. The average Bonchev–Trinajstić information content (AvgIpc) is 3.37. The molecule has 0 bridgehead atoms. The van der Waals surface area contributed by atoms with Gasteiger partial charge in [0, 0.05) is 13.0 Å². The largest absolute Gasteiger partial charge is 0.504 e. The Morgan fingerprint density at radius 2 is 2.00 bits per heavy atom. The lowest BCUT2D eigenvalue weighted by Gasteiger charge is -2.15. The van der Waals surface area contributed by atoms with Crippen molar-refractivity contribution in [3.63, 3.8) is 0 Å². The van der Waals surface area contributed by atoms with Crippen LogP contribution in [0.3, 0.4) is 0 Å². The molecule has 0 radical (unpaired) electrons. The Morgan fingerprint density at radius 1 is 1.33 bits per heavy atom. The molecular weight excluding hydrogens is 266 g/mol. The Balaban J connectivity index is 1.51. The zero-order valence-electron chi connectivity index (χ0n) is 12.5. The first kappa shape index (κ1) is 14.2. The molecule has 1 amide bonds. The molecule has 2 fully saturated rings. The highest BCUT2D eigenvalue weighted by molar-refractivity contribution is 5.76. The second kappa shape index (κ2) is 5.96. The van der Waals surface area contributed by atoms with E-state index in [9.17, 15) is 9.90 Å². The number of methoxy groups -OCH3 is 1. The van der Waals surface area contributed by atoms with Crippen LogP contribution in [-0.4, -0.2) is 18.1 Å². The van der Waals surface area contributed by atoms with Crippen molar-refractivity contribution in [2.24, 2.45) is 17.8 Å². The lowest BCUT2D eigenvalue weighted by Crippen LogP contribution is -2.26. The van der Waals surface area contributed by atoms with Gasteiger partial charge in [-0.1, -0.05) is 6.07 Å². The third-order valence-corrected chi connectivity index (χ3v) is 4.61. The molecule has 0 heterocycles. The van der Waals surface area contributed by atoms with E-state index in [4.69, 9.17) is 4.74 Å². The minimum Gasteiger partial charge on any atom is -0.504 e. The zero-order chi connectivity index (χ0) is 14.8. The summed E-state index contributed by atoms with van der Waals surface area (Å²) in [6.07, 6.45) is 5.91. The maximum Gasteiger partial charge on any atom is 0.220 e. The maximum absolute atomic E-state index is 12.1. The average molecular weight is 289 g/mol. The van der Waals surface area contributed by atoms with E-state index in [0.717, 1.165) is 17.4 Å². The first-order valence-corrected chi connectivity index (χ1v) is 7.80. The summed E-state index contributed by atoms with van der Waals surface area (Å²) in [6.45, 7) is 0.484. The van der Waals surface area contributed by atoms with Crippen LogP contribution in [-0.2, 0) is 11.3 Å². The van der Waals surface area contributed by atoms with Gasteiger partial charge in [0.05, 0.1) is 7.11 Å². The number of amides is 1. The van der Waals surface area contributed by atoms with Gasteiger partial charge in [0.1, 0.15) is 0 Å². The molecular formula is C17H23NO3. The SMILES string of the molecule is COc1cc(CNC(=O)CC(C2CC2)C2CC2)ccc1O. The second-order valence-corrected chi connectivity index (χ2v) is 6.33. The summed E-state index contributed by atoms with van der Waals surface area (Å²) in [4.78, 5) is 12.1. The summed E-state index contributed by atoms with van der Waals surface area (Å²) in [5.41, 5.74) is 0.937. The van der Waals surface area contributed by atoms with Crippen molar-refractivity contribution < 1.29 is 14.6 Å². The molecule has 0 spiro atoms. The molecule has 2 N–H and O–H groups in total. The van der Waals surface area contributed by atoms with Crippen LogP contribution >= 0.6 is 0 Å². The van der Waals surface area contributed by atoms with Gasteiger partial charge in [0.25, 0.3) is 0 Å². The zero-order valence-corrected chi connectivity index (χ0v) is 12.5. The van der Waals surface area contributed by atoms with Crippen LogP contribution in [0.2, 0.25) is 0 Å². The first-order valence-electron chi connectivity index (χ1n) is 7.80. The number of phenols is 1. The fourth-order valence-electron chi connectivity index (χ4n) is 3.09. The van der Waals surface area contributed by atoms with Crippen LogP contribution in [0.1, 0.15) is 37.7 Å². The van der Waals surface area contributed by atoms with E-state index in [1.54, 1.807) is 18.2 Å². The highest BCUT2D eigenvalue weighted by Gasteiger charge is 2.42. The molecule has 2 aliphatic rings. The fraction of sp³-hybridized carbons (Fsp3) is 0.588. The minimum atomic E-state index is 0.120. The van der Waals surface area contributed by atoms with Crippen molar-refractivity contribution in [3.8, 4) is 11.5 Å². The highest BCUT2D eigenvalue weighted by atomic mass is 16.5.